The molecule has 1 aliphatic rings. The van der Waals surface area contributed by atoms with E-state index >= 15 is 0 Å². The molecule has 1 N–H and O–H groups in total. The molecule has 1 aliphatic heterocycles. The van der Waals surface area contributed by atoms with E-state index in [1.807, 2.05) is 43.0 Å². The van der Waals surface area contributed by atoms with Crippen LogP contribution >= 0.6 is 0 Å². The van der Waals surface area contributed by atoms with Crippen molar-refractivity contribution in [3.8, 4) is 0 Å². The van der Waals surface area contributed by atoms with Crippen molar-refractivity contribution in [2.45, 2.75) is 46.1 Å². The second kappa shape index (κ2) is 8.51. The Balaban J connectivity index is 1.92. The van der Waals surface area contributed by atoms with Crippen LogP contribution in [-0.4, -0.2) is 29.8 Å². The number of likely N-dealkylation sites (tertiary alicyclic amines) is 1. The molecule has 0 radical (unpaired) electrons. The van der Waals surface area contributed by atoms with Gasteiger partial charge in [-0.05, 0) is 44.4 Å². The summed E-state index contributed by atoms with van der Waals surface area (Å²) in [5.41, 5.74) is 2.69. The van der Waals surface area contributed by atoms with Crippen LogP contribution in [0.4, 0.5) is 0 Å². The Labute approximate surface area is 138 Å². The summed E-state index contributed by atoms with van der Waals surface area (Å²) >= 11 is 0. The molecule has 4 heteroatoms. The van der Waals surface area contributed by atoms with Crippen LogP contribution in [0.2, 0.25) is 0 Å². The summed E-state index contributed by atoms with van der Waals surface area (Å²) in [6, 6.07) is 7.53. The molecule has 0 spiro atoms. The van der Waals surface area contributed by atoms with Crippen molar-refractivity contribution in [2.75, 3.05) is 13.1 Å². The Hall–Kier alpha value is -2.10. The Morgan fingerprint density at radius 2 is 1.65 bits per heavy atom. The molecule has 1 saturated heterocycles. The predicted octanol–water partition coefficient (Wildman–Crippen LogP) is 3.29. The van der Waals surface area contributed by atoms with Gasteiger partial charge in [0.1, 0.15) is 0 Å². The van der Waals surface area contributed by atoms with Crippen LogP contribution in [0.3, 0.4) is 0 Å². The summed E-state index contributed by atoms with van der Waals surface area (Å²) in [6.45, 7) is 5.98. The van der Waals surface area contributed by atoms with Crippen LogP contribution in [0.15, 0.2) is 35.9 Å². The van der Waals surface area contributed by atoms with Gasteiger partial charge in [-0.25, -0.2) is 0 Å². The van der Waals surface area contributed by atoms with E-state index in [1.54, 1.807) is 6.08 Å². The third kappa shape index (κ3) is 5.55. The number of allylic oxidation sites excluding steroid dienone is 1. The molecular weight excluding hydrogens is 288 g/mol. The molecule has 2 rings (SSSR count). The number of carbonyl (C=O) groups excluding carboxylic acids is 2. The lowest BCUT2D eigenvalue weighted by Gasteiger charge is -2.20. The van der Waals surface area contributed by atoms with Crippen molar-refractivity contribution in [1.29, 1.82) is 0 Å². The van der Waals surface area contributed by atoms with Crippen molar-refractivity contribution >= 4 is 11.8 Å². The van der Waals surface area contributed by atoms with Gasteiger partial charge in [0.05, 0.1) is 0 Å². The zero-order chi connectivity index (χ0) is 16.7. The van der Waals surface area contributed by atoms with Crippen molar-refractivity contribution < 1.29 is 9.59 Å². The largest absolute Gasteiger partial charge is 0.348 e. The normalized spacial score (nSPS) is 14.8. The van der Waals surface area contributed by atoms with Gasteiger partial charge >= 0.3 is 0 Å². The zero-order valence-corrected chi connectivity index (χ0v) is 14.1. The first-order chi connectivity index (χ1) is 11.1. The highest BCUT2D eigenvalue weighted by atomic mass is 16.2. The fourth-order valence-electron chi connectivity index (χ4n) is 2.72. The summed E-state index contributed by atoms with van der Waals surface area (Å²) in [4.78, 5) is 26.0. The topological polar surface area (TPSA) is 49.4 Å². The molecule has 0 unspecified atom stereocenters. The minimum atomic E-state index is -0.0882. The maximum Gasteiger partial charge on any atom is 0.253 e. The Morgan fingerprint density at radius 3 is 2.22 bits per heavy atom. The summed E-state index contributed by atoms with van der Waals surface area (Å²) in [6.07, 6.45) is 6.21. The van der Waals surface area contributed by atoms with E-state index in [0.29, 0.717) is 6.54 Å². The van der Waals surface area contributed by atoms with Gasteiger partial charge in [-0.3, -0.25) is 9.59 Å². The second-order valence-corrected chi connectivity index (χ2v) is 6.34. The van der Waals surface area contributed by atoms with E-state index in [4.69, 9.17) is 0 Å². The highest BCUT2D eigenvalue weighted by molar-refractivity contribution is 5.94. The van der Waals surface area contributed by atoms with Crippen molar-refractivity contribution in [2.24, 2.45) is 0 Å². The van der Waals surface area contributed by atoms with Gasteiger partial charge in [0.2, 0.25) is 5.91 Å². The van der Waals surface area contributed by atoms with Gasteiger partial charge in [-0.2, -0.15) is 0 Å². The number of hydrogen-bond donors (Lipinski definition) is 1. The molecule has 1 aromatic rings. The molecule has 4 nitrogen and oxygen atoms in total. The fourth-order valence-corrected chi connectivity index (χ4v) is 2.72. The molecule has 0 aliphatic carbocycles. The average Bonchev–Trinajstić information content (AvgIpc) is 2.81. The first-order valence-corrected chi connectivity index (χ1v) is 8.37. The molecule has 0 atom stereocenters. The molecule has 124 valence electrons. The van der Waals surface area contributed by atoms with E-state index in [-0.39, 0.29) is 11.8 Å². The molecule has 1 aromatic carbocycles. The minimum Gasteiger partial charge on any atom is -0.348 e. The van der Waals surface area contributed by atoms with Crippen LogP contribution in [-0.2, 0) is 11.3 Å². The van der Waals surface area contributed by atoms with Crippen LogP contribution in [0.25, 0.3) is 0 Å². The molecule has 0 bridgehead atoms. The van der Waals surface area contributed by atoms with Crippen molar-refractivity contribution in [1.82, 2.24) is 10.2 Å². The molecule has 1 fully saturated rings. The SMILES string of the molecule is CC(C)=CC(=O)NCc1ccc(C(=O)N2CCCCCC2)cc1. The lowest BCUT2D eigenvalue weighted by molar-refractivity contribution is -0.116. The fraction of sp³-hybridized carbons (Fsp3) is 0.474. The maximum absolute atomic E-state index is 12.5. The summed E-state index contributed by atoms with van der Waals surface area (Å²) in [5, 5.41) is 2.84. The molecule has 1 heterocycles. The van der Waals surface area contributed by atoms with Gasteiger partial charge in [0.25, 0.3) is 5.91 Å². The van der Waals surface area contributed by atoms with E-state index < -0.39 is 0 Å². The monoisotopic (exact) mass is 314 g/mol. The summed E-state index contributed by atoms with van der Waals surface area (Å²) in [5.74, 6) is 0.0294. The number of nitrogens with zero attached hydrogens (tertiary/aromatic N) is 1. The smallest absolute Gasteiger partial charge is 0.253 e. The third-order valence-electron chi connectivity index (χ3n) is 3.98. The number of benzene rings is 1. The maximum atomic E-state index is 12.5. The van der Waals surface area contributed by atoms with Crippen LogP contribution in [0.5, 0.6) is 0 Å². The van der Waals surface area contributed by atoms with Crippen LogP contribution < -0.4 is 5.32 Å². The van der Waals surface area contributed by atoms with E-state index in [2.05, 4.69) is 5.32 Å². The second-order valence-electron chi connectivity index (χ2n) is 6.34. The highest BCUT2D eigenvalue weighted by Gasteiger charge is 2.16. The number of amides is 2. The van der Waals surface area contributed by atoms with Crippen LogP contribution in [0, 0.1) is 0 Å². The van der Waals surface area contributed by atoms with Gasteiger partial charge in [-0.1, -0.05) is 30.5 Å². The Morgan fingerprint density at radius 1 is 1.04 bits per heavy atom. The van der Waals surface area contributed by atoms with E-state index in [1.165, 1.54) is 12.8 Å². The number of rotatable bonds is 4. The molecule has 0 saturated carbocycles. The predicted molar refractivity (Wildman–Crippen MR) is 92.1 cm³/mol. The van der Waals surface area contributed by atoms with Gasteiger partial charge < -0.3 is 10.2 Å². The van der Waals surface area contributed by atoms with Gasteiger partial charge in [-0.15, -0.1) is 0 Å². The third-order valence-corrected chi connectivity index (χ3v) is 3.98. The molecule has 2 amide bonds. The lowest BCUT2D eigenvalue weighted by Crippen LogP contribution is -2.31. The molecular formula is C19H26N2O2. The van der Waals surface area contributed by atoms with Gasteiger partial charge in [0.15, 0.2) is 0 Å². The average molecular weight is 314 g/mol. The highest BCUT2D eigenvalue weighted by Crippen LogP contribution is 2.14. The first kappa shape index (κ1) is 17.3. The minimum absolute atomic E-state index is 0.0882. The zero-order valence-electron chi connectivity index (χ0n) is 14.1. The summed E-state index contributed by atoms with van der Waals surface area (Å²) in [7, 11) is 0. The quantitative estimate of drug-likeness (QED) is 0.867. The van der Waals surface area contributed by atoms with Crippen molar-refractivity contribution in [3.63, 3.8) is 0 Å². The Bertz CT molecular complexity index is 564. The van der Waals surface area contributed by atoms with Crippen LogP contribution in [0.1, 0.15) is 55.5 Å². The lowest BCUT2D eigenvalue weighted by atomic mass is 10.1. The summed E-state index contributed by atoms with van der Waals surface area (Å²) < 4.78 is 0. The van der Waals surface area contributed by atoms with Gasteiger partial charge in [0, 0.05) is 31.3 Å². The van der Waals surface area contributed by atoms with Crippen molar-refractivity contribution in [3.05, 3.63) is 47.0 Å². The molecule has 0 aromatic heterocycles. The van der Waals surface area contributed by atoms with E-state index in [0.717, 1.165) is 42.6 Å². The number of hydrogen-bond acceptors (Lipinski definition) is 2. The number of nitrogens with one attached hydrogen (secondary N) is 1. The Kier molecular flexibility index (Phi) is 6.39. The first-order valence-electron chi connectivity index (χ1n) is 8.37. The standard InChI is InChI=1S/C19H26N2O2/c1-15(2)13-18(22)20-14-16-7-9-17(10-8-16)19(23)21-11-5-3-4-6-12-21/h7-10,13H,3-6,11-12,14H2,1-2H3,(H,20,22). The number of carbonyl (C=O) groups is 2. The van der Waals surface area contributed by atoms with E-state index in [9.17, 15) is 9.59 Å². The molecule has 23 heavy (non-hydrogen) atoms.